The second kappa shape index (κ2) is 8.20. The average Bonchev–Trinajstić information content (AvgIpc) is 2.27. The summed E-state index contributed by atoms with van der Waals surface area (Å²) in [5.41, 5.74) is 0. The lowest BCUT2D eigenvalue weighted by Crippen LogP contribution is -2.46. The summed E-state index contributed by atoms with van der Waals surface area (Å²) in [4.78, 5) is 0. The molecule has 92 valence electrons. The summed E-state index contributed by atoms with van der Waals surface area (Å²) >= 11 is 0. The van der Waals surface area contributed by atoms with E-state index in [-0.39, 0.29) is 6.29 Å². The van der Waals surface area contributed by atoms with Gasteiger partial charge in [-0.3, -0.25) is 0 Å². The van der Waals surface area contributed by atoms with Gasteiger partial charge < -0.3 is 22.8 Å². The normalized spacial score (nSPS) is 14.2. The van der Waals surface area contributed by atoms with Crippen molar-refractivity contribution >= 4 is 8.80 Å². The maximum absolute atomic E-state index is 5.65. The van der Waals surface area contributed by atoms with Gasteiger partial charge in [-0.25, -0.2) is 0 Å². The van der Waals surface area contributed by atoms with Crippen molar-refractivity contribution in [2.24, 2.45) is 0 Å². The smallest absolute Gasteiger partial charge is 0.385 e. The van der Waals surface area contributed by atoms with Gasteiger partial charge in [-0.1, -0.05) is 0 Å². The average molecular weight is 238 g/mol. The number of hydrogen-bond acceptors (Lipinski definition) is 5. The van der Waals surface area contributed by atoms with E-state index in [1.165, 1.54) is 0 Å². The molecule has 0 saturated carbocycles. The summed E-state index contributed by atoms with van der Waals surface area (Å²) in [7, 11) is 3.89. The minimum absolute atomic E-state index is 0.320. The van der Waals surface area contributed by atoms with E-state index in [1.54, 1.807) is 28.4 Å². The van der Waals surface area contributed by atoms with Crippen LogP contribution in [0, 0.1) is 0 Å². The molecular weight excluding hydrogens is 216 g/mol. The van der Waals surface area contributed by atoms with E-state index < -0.39 is 8.80 Å². The van der Waals surface area contributed by atoms with Gasteiger partial charge in [-0.2, -0.15) is 0 Å². The Morgan fingerprint density at radius 3 is 2.07 bits per heavy atom. The molecule has 15 heavy (non-hydrogen) atoms. The van der Waals surface area contributed by atoms with Gasteiger partial charge in [0.05, 0.1) is 0 Å². The Bertz CT molecular complexity index is 151. The van der Waals surface area contributed by atoms with Crippen LogP contribution < -0.4 is 0 Å². The van der Waals surface area contributed by atoms with Crippen LogP contribution in [0.1, 0.15) is 13.3 Å². The van der Waals surface area contributed by atoms with Crippen LogP contribution in [0.15, 0.2) is 0 Å². The van der Waals surface area contributed by atoms with Crippen molar-refractivity contribution in [1.29, 1.82) is 0 Å². The molecule has 0 aliphatic rings. The molecule has 0 aromatic carbocycles. The zero-order chi connectivity index (χ0) is 11.7. The summed E-state index contributed by atoms with van der Waals surface area (Å²) in [6.45, 7) is 2.49. The molecule has 0 N–H and O–H groups in total. The van der Waals surface area contributed by atoms with Crippen LogP contribution in [0.3, 0.4) is 0 Å². The maximum atomic E-state index is 5.65. The molecule has 0 aromatic rings. The molecule has 1 unspecified atom stereocenters. The van der Waals surface area contributed by atoms with Gasteiger partial charge >= 0.3 is 8.80 Å². The number of hydrogen-bond donors (Lipinski definition) is 0. The van der Waals surface area contributed by atoms with Gasteiger partial charge in [-0.05, 0) is 13.3 Å². The minimum Gasteiger partial charge on any atom is -0.385 e. The van der Waals surface area contributed by atoms with Gasteiger partial charge in [0.25, 0.3) is 0 Å². The summed E-state index contributed by atoms with van der Waals surface area (Å²) in [6.07, 6.45) is 0.528. The second-order valence-corrected chi connectivity index (χ2v) is 6.03. The monoisotopic (exact) mass is 238 g/mol. The van der Waals surface area contributed by atoms with Crippen molar-refractivity contribution in [3.63, 3.8) is 0 Å². The molecule has 0 rings (SSSR count). The van der Waals surface area contributed by atoms with Crippen LogP contribution in [-0.2, 0) is 22.8 Å². The maximum Gasteiger partial charge on any atom is 0.502 e. The van der Waals surface area contributed by atoms with Crippen molar-refractivity contribution in [1.82, 2.24) is 0 Å². The van der Waals surface area contributed by atoms with Crippen LogP contribution in [0.5, 0.6) is 0 Å². The molecular formula is C9H22O5Si. The quantitative estimate of drug-likeness (QED) is 0.344. The predicted molar refractivity (Wildman–Crippen MR) is 58.6 cm³/mol. The summed E-state index contributed by atoms with van der Waals surface area (Å²) in [5, 5.41) is 0. The van der Waals surface area contributed by atoms with E-state index in [2.05, 4.69) is 0 Å². The first-order chi connectivity index (χ1) is 7.14. The zero-order valence-electron chi connectivity index (χ0n) is 10.2. The molecule has 0 bridgehead atoms. The molecule has 0 aromatic heterocycles. The molecule has 0 aliphatic carbocycles. The van der Waals surface area contributed by atoms with E-state index in [0.29, 0.717) is 6.61 Å². The zero-order valence-corrected chi connectivity index (χ0v) is 11.2. The third kappa shape index (κ3) is 5.60. The predicted octanol–water partition coefficient (Wildman–Crippen LogP) is 1.26. The first-order valence-corrected chi connectivity index (χ1v) is 6.87. The Hall–Kier alpha value is 0.0169. The van der Waals surface area contributed by atoms with Gasteiger partial charge in [-0.15, -0.1) is 0 Å². The molecule has 0 heterocycles. The van der Waals surface area contributed by atoms with Crippen LogP contribution in [0.2, 0.25) is 6.04 Å². The minimum atomic E-state index is -2.57. The number of methoxy groups -OCH3 is 2. The van der Waals surface area contributed by atoms with E-state index >= 15 is 0 Å². The van der Waals surface area contributed by atoms with Crippen LogP contribution in [0.25, 0.3) is 0 Å². The Morgan fingerprint density at radius 2 is 1.67 bits per heavy atom. The summed E-state index contributed by atoms with van der Waals surface area (Å²) in [5.74, 6) is 0. The van der Waals surface area contributed by atoms with Gasteiger partial charge in [0, 0.05) is 41.1 Å². The fourth-order valence-corrected chi connectivity index (χ4v) is 3.24. The highest BCUT2D eigenvalue weighted by molar-refractivity contribution is 6.60. The third-order valence-corrected chi connectivity index (χ3v) is 5.03. The molecule has 0 spiro atoms. The van der Waals surface area contributed by atoms with E-state index in [9.17, 15) is 0 Å². The van der Waals surface area contributed by atoms with Crippen LogP contribution in [-0.4, -0.2) is 50.1 Å². The lowest BCUT2D eigenvalue weighted by atomic mass is 10.5. The van der Waals surface area contributed by atoms with E-state index in [4.69, 9.17) is 22.8 Å². The summed E-state index contributed by atoms with van der Waals surface area (Å²) in [6, 6.07) is 0.724. The highest BCUT2D eigenvalue weighted by atomic mass is 28.4. The third-order valence-electron chi connectivity index (χ3n) is 2.13. The highest BCUT2D eigenvalue weighted by Crippen LogP contribution is 2.18. The molecule has 0 amide bonds. The Morgan fingerprint density at radius 1 is 1.07 bits per heavy atom. The first-order valence-electron chi connectivity index (χ1n) is 4.94. The lowest BCUT2D eigenvalue weighted by Gasteiger charge is -2.28. The lowest BCUT2D eigenvalue weighted by molar-refractivity contribution is -0.0829. The number of ether oxygens (including phenoxy) is 2. The Kier molecular flexibility index (Phi) is 8.21. The SMILES string of the molecule is COCCC[Si](OC)(OC)OC(C)OC. The molecule has 0 aliphatic heterocycles. The van der Waals surface area contributed by atoms with Crippen molar-refractivity contribution in [2.45, 2.75) is 25.7 Å². The fraction of sp³-hybridized carbons (Fsp3) is 1.00. The van der Waals surface area contributed by atoms with Crippen molar-refractivity contribution in [3.05, 3.63) is 0 Å². The molecule has 1 atom stereocenters. The molecule has 0 radical (unpaired) electrons. The van der Waals surface area contributed by atoms with Crippen molar-refractivity contribution in [3.8, 4) is 0 Å². The number of rotatable bonds is 9. The van der Waals surface area contributed by atoms with Crippen LogP contribution >= 0.6 is 0 Å². The van der Waals surface area contributed by atoms with E-state index in [1.807, 2.05) is 6.92 Å². The summed E-state index contributed by atoms with van der Waals surface area (Å²) < 4.78 is 26.4. The van der Waals surface area contributed by atoms with Gasteiger partial charge in [0.1, 0.15) is 6.29 Å². The van der Waals surface area contributed by atoms with Crippen molar-refractivity contribution in [2.75, 3.05) is 35.0 Å². The molecule has 6 heteroatoms. The molecule has 0 saturated heterocycles. The van der Waals surface area contributed by atoms with Crippen LogP contribution in [0.4, 0.5) is 0 Å². The Balaban J connectivity index is 4.16. The van der Waals surface area contributed by atoms with E-state index in [0.717, 1.165) is 12.5 Å². The Labute approximate surface area is 93.0 Å². The fourth-order valence-electron chi connectivity index (χ4n) is 1.18. The topological polar surface area (TPSA) is 46.2 Å². The first kappa shape index (κ1) is 15.0. The molecule has 0 fully saturated rings. The standard InChI is InChI=1S/C9H22O5Si/c1-9(11-3)14-15(12-4,13-5)8-6-7-10-2/h9H,6-8H2,1-5H3. The van der Waals surface area contributed by atoms with Gasteiger partial charge in [0.15, 0.2) is 0 Å². The molecule has 5 nitrogen and oxygen atoms in total. The van der Waals surface area contributed by atoms with Crippen molar-refractivity contribution < 1.29 is 22.8 Å². The van der Waals surface area contributed by atoms with Gasteiger partial charge in [0.2, 0.25) is 0 Å². The largest absolute Gasteiger partial charge is 0.502 e. The second-order valence-electron chi connectivity index (χ2n) is 3.11. The highest BCUT2D eigenvalue weighted by Gasteiger charge is 2.40.